The fourth-order valence-corrected chi connectivity index (χ4v) is 2.43. The van der Waals surface area contributed by atoms with Crippen LogP contribution in [0.15, 0.2) is 18.2 Å². The molecule has 0 aliphatic rings. The summed E-state index contributed by atoms with van der Waals surface area (Å²) < 4.78 is 81.6. The summed E-state index contributed by atoms with van der Waals surface area (Å²) in [5.74, 6) is -1.27. The zero-order chi connectivity index (χ0) is 19.8. The quantitative estimate of drug-likeness (QED) is 0.271. The predicted molar refractivity (Wildman–Crippen MR) is 84.7 cm³/mol. The molecule has 2 nitrogen and oxygen atoms in total. The molecule has 0 bridgehead atoms. The van der Waals surface area contributed by atoms with Gasteiger partial charge in [0.05, 0.1) is 23.3 Å². The first-order valence-corrected chi connectivity index (χ1v) is 8.53. The predicted octanol–water partition coefficient (Wildman–Crippen LogP) is 6.63. The van der Waals surface area contributed by atoms with Crippen molar-refractivity contribution in [3.63, 3.8) is 0 Å². The van der Waals surface area contributed by atoms with Gasteiger partial charge < -0.3 is 4.74 Å². The summed E-state index contributed by atoms with van der Waals surface area (Å²) >= 11 is 0. The molecule has 0 aliphatic carbocycles. The molecule has 0 unspecified atom stereocenters. The third-order valence-electron chi connectivity index (χ3n) is 3.85. The molecule has 0 saturated carbocycles. The summed E-state index contributed by atoms with van der Waals surface area (Å²) in [5, 5.41) is 0. The third kappa shape index (κ3) is 7.25. The van der Waals surface area contributed by atoms with Crippen molar-refractivity contribution in [2.75, 3.05) is 6.61 Å². The highest BCUT2D eigenvalue weighted by molar-refractivity contribution is 5.91. The molecule has 0 fully saturated rings. The Balaban J connectivity index is 2.65. The molecule has 1 aromatic rings. The summed E-state index contributed by atoms with van der Waals surface area (Å²) in [6, 6.07) is 0.891. The zero-order valence-electron chi connectivity index (χ0n) is 14.5. The summed E-state index contributed by atoms with van der Waals surface area (Å²) in [5.41, 5.74) is -4.02. The Labute approximate surface area is 148 Å². The van der Waals surface area contributed by atoms with E-state index in [1.807, 2.05) is 0 Å². The largest absolute Gasteiger partial charge is 0.462 e. The Bertz CT molecular complexity index is 578. The maximum Gasteiger partial charge on any atom is 0.417 e. The molecule has 1 aromatic carbocycles. The standard InChI is InChI=1S/C18H22F6O2/c1-2-3-4-5-6-7-8-11-26-16(25)14-10-9-13(17(19,20)21)12-15(14)18(22,23)24/h9-10,12H,2-8,11H2,1H3. The van der Waals surface area contributed by atoms with Gasteiger partial charge in [0.1, 0.15) is 0 Å². The van der Waals surface area contributed by atoms with E-state index in [-0.39, 0.29) is 12.7 Å². The molecule has 1 rings (SSSR count). The van der Waals surface area contributed by atoms with E-state index in [1.165, 1.54) is 0 Å². The molecule has 148 valence electrons. The van der Waals surface area contributed by atoms with Gasteiger partial charge >= 0.3 is 18.3 Å². The number of ether oxygens (including phenoxy) is 1. The van der Waals surface area contributed by atoms with Gasteiger partial charge in [0.25, 0.3) is 0 Å². The number of benzene rings is 1. The summed E-state index contributed by atoms with van der Waals surface area (Å²) in [4.78, 5) is 11.8. The lowest BCUT2D eigenvalue weighted by Crippen LogP contribution is -2.18. The van der Waals surface area contributed by atoms with Gasteiger partial charge in [-0.05, 0) is 24.6 Å². The van der Waals surface area contributed by atoms with Gasteiger partial charge in [-0.2, -0.15) is 26.3 Å². The number of alkyl halides is 6. The molecule has 8 heteroatoms. The molecule has 0 N–H and O–H groups in total. The van der Waals surface area contributed by atoms with Crippen molar-refractivity contribution in [1.29, 1.82) is 0 Å². The fraction of sp³-hybridized carbons (Fsp3) is 0.611. The van der Waals surface area contributed by atoms with E-state index in [4.69, 9.17) is 4.74 Å². The van der Waals surface area contributed by atoms with Gasteiger partial charge in [-0.15, -0.1) is 0 Å². The van der Waals surface area contributed by atoms with Crippen LogP contribution in [0, 0.1) is 0 Å². The molecule has 26 heavy (non-hydrogen) atoms. The van der Waals surface area contributed by atoms with E-state index in [0.29, 0.717) is 18.6 Å². The van der Waals surface area contributed by atoms with E-state index in [9.17, 15) is 31.1 Å². The van der Waals surface area contributed by atoms with Crippen molar-refractivity contribution in [1.82, 2.24) is 0 Å². The van der Waals surface area contributed by atoms with Crippen molar-refractivity contribution < 1.29 is 35.9 Å². The Morgan fingerprint density at radius 3 is 2.00 bits per heavy atom. The zero-order valence-corrected chi connectivity index (χ0v) is 14.5. The van der Waals surface area contributed by atoms with Crippen LogP contribution in [0.25, 0.3) is 0 Å². The average Bonchev–Trinajstić information content (AvgIpc) is 2.55. The van der Waals surface area contributed by atoms with E-state index < -0.39 is 35.0 Å². The van der Waals surface area contributed by atoms with Crippen LogP contribution in [0.2, 0.25) is 0 Å². The van der Waals surface area contributed by atoms with Crippen LogP contribution >= 0.6 is 0 Å². The van der Waals surface area contributed by atoms with Crippen LogP contribution in [0.3, 0.4) is 0 Å². The van der Waals surface area contributed by atoms with Crippen LogP contribution in [-0.4, -0.2) is 12.6 Å². The first-order valence-electron chi connectivity index (χ1n) is 8.53. The molecular weight excluding hydrogens is 362 g/mol. The van der Waals surface area contributed by atoms with Crippen LogP contribution in [0.5, 0.6) is 0 Å². The SMILES string of the molecule is CCCCCCCCCOC(=O)c1ccc(C(F)(F)F)cc1C(F)(F)F. The molecule has 0 heterocycles. The second kappa shape index (κ2) is 9.83. The Morgan fingerprint density at radius 2 is 1.46 bits per heavy atom. The highest BCUT2D eigenvalue weighted by Gasteiger charge is 2.39. The van der Waals surface area contributed by atoms with Gasteiger partial charge in [0.15, 0.2) is 0 Å². The summed E-state index contributed by atoms with van der Waals surface area (Å²) in [7, 11) is 0. The number of unbranched alkanes of at least 4 members (excludes halogenated alkanes) is 6. The van der Waals surface area contributed by atoms with E-state index >= 15 is 0 Å². The number of hydrogen-bond acceptors (Lipinski definition) is 2. The third-order valence-corrected chi connectivity index (χ3v) is 3.85. The van der Waals surface area contributed by atoms with Crippen molar-refractivity contribution in [3.05, 3.63) is 34.9 Å². The smallest absolute Gasteiger partial charge is 0.417 e. The van der Waals surface area contributed by atoms with Crippen LogP contribution in [-0.2, 0) is 17.1 Å². The van der Waals surface area contributed by atoms with Crippen molar-refractivity contribution in [2.45, 2.75) is 64.2 Å². The monoisotopic (exact) mass is 384 g/mol. The number of halogens is 6. The van der Waals surface area contributed by atoms with Crippen molar-refractivity contribution >= 4 is 5.97 Å². The van der Waals surface area contributed by atoms with Crippen molar-refractivity contribution in [3.8, 4) is 0 Å². The van der Waals surface area contributed by atoms with Crippen LogP contribution in [0.1, 0.15) is 73.4 Å². The maximum atomic E-state index is 13.0. The lowest BCUT2D eigenvalue weighted by Gasteiger charge is -2.15. The molecule has 0 aliphatic heterocycles. The number of carbonyl (C=O) groups excluding carboxylic acids is 1. The van der Waals surface area contributed by atoms with Gasteiger partial charge in [0, 0.05) is 0 Å². The minimum absolute atomic E-state index is 0.0646. The highest BCUT2D eigenvalue weighted by Crippen LogP contribution is 2.37. The minimum atomic E-state index is -5.09. The second-order valence-electron chi connectivity index (χ2n) is 6.01. The Hall–Kier alpha value is -1.73. The molecule has 0 spiro atoms. The van der Waals surface area contributed by atoms with Crippen molar-refractivity contribution in [2.24, 2.45) is 0 Å². The van der Waals surface area contributed by atoms with Gasteiger partial charge in [0.2, 0.25) is 0 Å². The van der Waals surface area contributed by atoms with Gasteiger partial charge in [-0.3, -0.25) is 0 Å². The Kier molecular flexibility index (Phi) is 8.43. The summed E-state index contributed by atoms with van der Waals surface area (Å²) in [6.45, 7) is 2.03. The number of esters is 1. The number of hydrogen-bond donors (Lipinski definition) is 0. The van der Waals surface area contributed by atoms with Gasteiger partial charge in [-0.1, -0.05) is 45.4 Å². The molecule has 0 atom stereocenters. The number of carbonyl (C=O) groups is 1. The topological polar surface area (TPSA) is 26.3 Å². The molecule has 0 amide bonds. The van der Waals surface area contributed by atoms with E-state index in [2.05, 4.69) is 6.92 Å². The average molecular weight is 384 g/mol. The normalized spacial score (nSPS) is 12.3. The first-order chi connectivity index (χ1) is 12.1. The van der Waals surface area contributed by atoms with E-state index in [0.717, 1.165) is 38.5 Å². The Morgan fingerprint density at radius 1 is 0.885 bits per heavy atom. The highest BCUT2D eigenvalue weighted by atomic mass is 19.4. The molecule has 0 saturated heterocycles. The summed E-state index contributed by atoms with van der Waals surface area (Å²) in [6.07, 6.45) is -3.40. The number of rotatable bonds is 9. The fourth-order valence-electron chi connectivity index (χ4n) is 2.43. The van der Waals surface area contributed by atoms with Crippen LogP contribution in [0.4, 0.5) is 26.3 Å². The lowest BCUT2D eigenvalue weighted by molar-refractivity contribution is -0.143. The first kappa shape index (κ1) is 22.3. The van der Waals surface area contributed by atoms with Gasteiger partial charge in [-0.25, -0.2) is 4.79 Å². The second-order valence-corrected chi connectivity index (χ2v) is 6.01. The van der Waals surface area contributed by atoms with E-state index in [1.54, 1.807) is 0 Å². The lowest BCUT2D eigenvalue weighted by atomic mass is 10.0. The molecule has 0 radical (unpaired) electrons. The maximum absolute atomic E-state index is 13.0. The van der Waals surface area contributed by atoms with Crippen LogP contribution < -0.4 is 0 Å². The molecule has 0 aromatic heterocycles. The molecular formula is C18H22F6O2. The minimum Gasteiger partial charge on any atom is -0.462 e.